The molecule has 0 heterocycles. The molecule has 0 atom stereocenters. The zero-order valence-corrected chi connectivity index (χ0v) is 11.7. The summed E-state index contributed by atoms with van der Waals surface area (Å²) in [4.78, 5) is 11.0. The number of anilines is 1. The number of ether oxygens (including phenoxy) is 2. The highest BCUT2D eigenvalue weighted by Gasteiger charge is 2.10. The number of hydrogen-bond acceptors (Lipinski definition) is 4. The molecule has 0 unspecified atom stereocenters. The van der Waals surface area contributed by atoms with Crippen molar-refractivity contribution in [1.82, 2.24) is 0 Å². The fraction of sp³-hybridized carbons (Fsp3) is 0.500. The third-order valence-corrected chi connectivity index (χ3v) is 3.10. The molecule has 1 N–H and O–H groups in total. The van der Waals surface area contributed by atoms with Gasteiger partial charge in [0.05, 0.1) is 20.6 Å². The van der Waals surface area contributed by atoms with Crippen LogP contribution in [0.4, 0.5) is 5.69 Å². The molecule has 0 amide bonds. The average Bonchev–Trinajstić information content (AvgIpc) is 2.35. The first-order chi connectivity index (χ1) is 8.51. The molecule has 0 aliphatic heterocycles. The first-order valence-corrected chi connectivity index (χ1v) is 5.96. The smallest absolute Gasteiger partial charge is 0.307 e. The summed E-state index contributed by atoms with van der Waals surface area (Å²) in [6.45, 7) is 6.65. The van der Waals surface area contributed by atoms with Crippen molar-refractivity contribution in [2.45, 2.75) is 27.2 Å². The number of carbonyl (C=O) groups is 1. The van der Waals surface area contributed by atoms with E-state index in [4.69, 9.17) is 4.74 Å². The lowest BCUT2D eigenvalue weighted by Crippen LogP contribution is -2.11. The van der Waals surface area contributed by atoms with E-state index in [2.05, 4.69) is 10.1 Å². The molecule has 1 aromatic rings. The van der Waals surface area contributed by atoms with E-state index in [1.807, 2.05) is 26.8 Å². The zero-order valence-electron chi connectivity index (χ0n) is 11.7. The highest BCUT2D eigenvalue weighted by atomic mass is 16.5. The molecule has 0 spiro atoms. The molecule has 0 aliphatic carbocycles. The molecule has 4 heteroatoms. The molecule has 0 bridgehead atoms. The monoisotopic (exact) mass is 251 g/mol. The van der Waals surface area contributed by atoms with Crippen LogP contribution in [0.1, 0.15) is 23.1 Å². The standard InChI is InChI=1S/C14H21NO3/c1-9-8-12(15-7-6-13(16)17-4)10(2)11(3)14(9)18-5/h8,15H,6-7H2,1-5H3. The second kappa shape index (κ2) is 6.28. The maximum absolute atomic E-state index is 11.0. The Balaban J connectivity index is 2.81. The number of hydrogen-bond donors (Lipinski definition) is 1. The summed E-state index contributed by atoms with van der Waals surface area (Å²) in [5.74, 6) is 0.716. The van der Waals surface area contributed by atoms with Gasteiger partial charge >= 0.3 is 5.97 Å². The van der Waals surface area contributed by atoms with Crippen LogP contribution in [0, 0.1) is 20.8 Å². The van der Waals surface area contributed by atoms with Crippen molar-refractivity contribution in [2.24, 2.45) is 0 Å². The molecule has 4 nitrogen and oxygen atoms in total. The van der Waals surface area contributed by atoms with Gasteiger partial charge in [-0.15, -0.1) is 0 Å². The summed E-state index contributed by atoms with van der Waals surface area (Å²) < 4.78 is 9.97. The Kier molecular flexibility index (Phi) is 5.01. The molecule has 100 valence electrons. The van der Waals surface area contributed by atoms with E-state index in [9.17, 15) is 4.79 Å². The molecule has 0 saturated carbocycles. The minimum Gasteiger partial charge on any atom is -0.496 e. The highest BCUT2D eigenvalue weighted by Crippen LogP contribution is 2.31. The van der Waals surface area contributed by atoms with Crippen LogP contribution in [0.5, 0.6) is 5.75 Å². The quantitative estimate of drug-likeness (QED) is 0.817. The van der Waals surface area contributed by atoms with Gasteiger partial charge in [-0.2, -0.15) is 0 Å². The van der Waals surface area contributed by atoms with E-state index in [0.29, 0.717) is 13.0 Å². The summed E-state index contributed by atoms with van der Waals surface area (Å²) in [6.07, 6.45) is 0.361. The number of rotatable bonds is 5. The Morgan fingerprint density at radius 1 is 1.22 bits per heavy atom. The highest BCUT2D eigenvalue weighted by molar-refractivity contribution is 5.70. The first-order valence-electron chi connectivity index (χ1n) is 5.96. The molecular formula is C14H21NO3. The summed E-state index contributed by atoms with van der Waals surface area (Å²) in [6, 6.07) is 2.04. The SMILES string of the molecule is COC(=O)CCNc1cc(C)c(OC)c(C)c1C. The first kappa shape index (κ1) is 14.4. The summed E-state index contributed by atoms with van der Waals surface area (Å²) in [5.41, 5.74) is 4.39. The van der Waals surface area contributed by atoms with Gasteiger partial charge in [-0.1, -0.05) is 0 Å². The van der Waals surface area contributed by atoms with Crippen molar-refractivity contribution in [3.63, 3.8) is 0 Å². The van der Waals surface area contributed by atoms with Crippen molar-refractivity contribution in [3.8, 4) is 5.75 Å². The molecular weight excluding hydrogens is 230 g/mol. The second-order valence-corrected chi connectivity index (χ2v) is 4.28. The van der Waals surface area contributed by atoms with E-state index in [1.54, 1.807) is 7.11 Å². The lowest BCUT2D eigenvalue weighted by atomic mass is 10.0. The fourth-order valence-electron chi connectivity index (χ4n) is 1.96. The van der Waals surface area contributed by atoms with Gasteiger partial charge in [-0.25, -0.2) is 0 Å². The van der Waals surface area contributed by atoms with Gasteiger partial charge in [0.25, 0.3) is 0 Å². The van der Waals surface area contributed by atoms with Crippen molar-refractivity contribution in [3.05, 3.63) is 22.8 Å². The van der Waals surface area contributed by atoms with Crippen LogP contribution in [0.2, 0.25) is 0 Å². The molecule has 0 radical (unpaired) electrons. The predicted molar refractivity (Wildman–Crippen MR) is 72.3 cm³/mol. The average molecular weight is 251 g/mol. The predicted octanol–water partition coefficient (Wildman–Crippen LogP) is 2.60. The van der Waals surface area contributed by atoms with Crippen molar-refractivity contribution < 1.29 is 14.3 Å². The summed E-state index contributed by atoms with van der Waals surface area (Å²) >= 11 is 0. The van der Waals surface area contributed by atoms with Crippen LogP contribution >= 0.6 is 0 Å². The van der Waals surface area contributed by atoms with Crippen LogP contribution in [0.15, 0.2) is 6.07 Å². The number of benzene rings is 1. The molecule has 0 saturated heterocycles. The Hall–Kier alpha value is -1.71. The van der Waals surface area contributed by atoms with E-state index < -0.39 is 0 Å². The number of methoxy groups -OCH3 is 2. The molecule has 18 heavy (non-hydrogen) atoms. The molecule has 0 fully saturated rings. The van der Waals surface area contributed by atoms with Gasteiger partial charge in [-0.05, 0) is 43.5 Å². The van der Waals surface area contributed by atoms with E-state index in [-0.39, 0.29) is 5.97 Å². The molecule has 1 rings (SSSR count). The lowest BCUT2D eigenvalue weighted by Gasteiger charge is -2.16. The van der Waals surface area contributed by atoms with Crippen LogP contribution in [-0.2, 0) is 9.53 Å². The Morgan fingerprint density at radius 2 is 1.89 bits per heavy atom. The number of aryl methyl sites for hydroxylation is 1. The topological polar surface area (TPSA) is 47.6 Å². The number of nitrogens with one attached hydrogen (secondary N) is 1. The Bertz CT molecular complexity index is 441. The van der Waals surface area contributed by atoms with Gasteiger partial charge in [0.2, 0.25) is 0 Å². The molecule has 1 aromatic carbocycles. The molecule has 0 aromatic heterocycles. The van der Waals surface area contributed by atoms with Gasteiger partial charge in [0.15, 0.2) is 0 Å². The maximum Gasteiger partial charge on any atom is 0.307 e. The fourth-order valence-corrected chi connectivity index (χ4v) is 1.96. The Morgan fingerprint density at radius 3 is 2.44 bits per heavy atom. The minimum atomic E-state index is -0.206. The zero-order chi connectivity index (χ0) is 13.7. The van der Waals surface area contributed by atoms with Gasteiger partial charge in [0.1, 0.15) is 5.75 Å². The van der Waals surface area contributed by atoms with E-state index in [1.165, 1.54) is 7.11 Å². The van der Waals surface area contributed by atoms with Crippen LogP contribution in [0.25, 0.3) is 0 Å². The Labute approximate surface area is 108 Å². The van der Waals surface area contributed by atoms with E-state index >= 15 is 0 Å². The van der Waals surface area contributed by atoms with Gasteiger partial charge in [0, 0.05) is 12.2 Å². The lowest BCUT2D eigenvalue weighted by molar-refractivity contribution is -0.140. The normalized spacial score (nSPS) is 10.1. The van der Waals surface area contributed by atoms with E-state index in [0.717, 1.165) is 28.1 Å². The van der Waals surface area contributed by atoms with Crippen LogP contribution < -0.4 is 10.1 Å². The summed E-state index contributed by atoms with van der Waals surface area (Å²) in [5, 5.41) is 3.25. The second-order valence-electron chi connectivity index (χ2n) is 4.28. The van der Waals surface area contributed by atoms with Crippen molar-refractivity contribution >= 4 is 11.7 Å². The van der Waals surface area contributed by atoms with Gasteiger partial charge in [-0.3, -0.25) is 4.79 Å². The van der Waals surface area contributed by atoms with Crippen molar-refractivity contribution in [1.29, 1.82) is 0 Å². The van der Waals surface area contributed by atoms with Crippen LogP contribution in [-0.4, -0.2) is 26.7 Å². The van der Waals surface area contributed by atoms with Crippen LogP contribution in [0.3, 0.4) is 0 Å². The third-order valence-electron chi connectivity index (χ3n) is 3.10. The molecule has 0 aliphatic rings. The number of carbonyl (C=O) groups excluding carboxylic acids is 1. The third kappa shape index (κ3) is 3.15. The maximum atomic E-state index is 11.0. The van der Waals surface area contributed by atoms with Crippen molar-refractivity contribution in [2.75, 3.05) is 26.1 Å². The summed E-state index contributed by atoms with van der Waals surface area (Å²) in [7, 11) is 3.08. The largest absolute Gasteiger partial charge is 0.496 e. The van der Waals surface area contributed by atoms with Gasteiger partial charge < -0.3 is 14.8 Å². The number of esters is 1. The minimum absolute atomic E-state index is 0.206.